The molecule has 3 aliphatic rings. The Morgan fingerprint density at radius 1 is 1.03 bits per heavy atom. The van der Waals surface area contributed by atoms with Crippen LogP contribution in [-0.2, 0) is 19.1 Å². The molecule has 2 fully saturated rings. The zero-order valence-corrected chi connectivity index (χ0v) is 19.7. The lowest BCUT2D eigenvalue weighted by atomic mass is 9.48. The van der Waals surface area contributed by atoms with Gasteiger partial charge in [-0.25, -0.2) is 9.59 Å². The van der Waals surface area contributed by atoms with E-state index in [2.05, 4.69) is 22.8 Å². The number of ether oxygens (including phenoxy) is 2. The van der Waals surface area contributed by atoms with E-state index in [1.807, 2.05) is 36.4 Å². The summed E-state index contributed by atoms with van der Waals surface area (Å²) >= 11 is 0. The Hall–Kier alpha value is -3.39. The van der Waals surface area contributed by atoms with E-state index in [0.29, 0.717) is 12.8 Å². The maximum Gasteiger partial charge on any atom is 0.407 e. The van der Waals surface area contributed by atoms with E-state index in [0.717, 1.165) is 41.5 Å². The lowest BCUT2D eigenvalue weighted by molar-refractivity contribution is -0.166. The summed E-state index contributed by atoms with van der Waals surface area (Å²) in [6, 6.07) is 15.0. The fourth-order valence-corrected chi connectivity index (χ4v) is 6.01. The highest BCUT2D eigenvalue weighted by Gasteiger charge is 2.62. The maximum atomic E-state index is 13.0. The number of methoxy groups -OCH3 is 1. The standard InChI is InChI=1S/C27H30N2O6/c1-34-14-22(23(30)29-27(24(31)32)15-26(16-27)11-6-12-26)28-25(33)35-13-21-19-9-4-2-7-17(19)18-8-3-5-10-20(18)21/h2-5,7-10,21-22H,6,11-16H2,1H3,(H,28,33)(H,29,30)(H,31,32)/t22-/m0/s1. The summed E-state index contributed by atoms with van der Waals surface area (Å²) in [4.78, 5) is 37.6. The third kappa shape index (κ3) is 4.16. The van der Waals surface area contributed by atoms with Crippen molar-refractivity contribution in [3.05, 3.63) is 59.7 Å². The van der Waals surface area contributed by atoms with E-state index in [1.54, 1.807) is 0 Å². The fourth-order valence-electron chi connectivity index (χ4n) is 6.01. The lowest BCUT2D eigenvalue weighted by Gasteiger charge is -2.59. The SMILES string of the molecule is COC[C@H](NC(=O)OCC1c2ccccc2-c2ccccc21)C(=O)NC1(C(=O)O)CC2(CCC2)C1. The molecule has 0 aliphatic heterocycles. The number of fused-ring (bicyclic) bond motifs is 3. The van der Waals surface area contributed by atoms with Crippen molar-refractivity contribution < 1.29 is 29.0 Å². The van der Waals surface area contributed by atoms with Gasteiger partial charge >= 0.3 is 12.1 Å². The highest BCUT2D eigenvalue weighted by atomic mass is 16.5. The molecule has 3 N–H and O–H groups in total. The molecular formula is C27H30N2O6. The van der Waals surface area contributed by atoms with Crippen molar-refractivity contribution in [2.24, 2.45) is 5.41 Å². The molecule has 2 aromatic rings. The third-order valence-electron chi connectivity index (χ3n) is 7.83. The van der Waals surface area contributed by atoms with Crippen molar-refractivity contribution in [1.29, 1.82) is 0 Å². The highest BCUT2D eigenvalue weighted by molar-refractivity contribution is 5.92. The van der Waals surface area contributed by atoms with Crippen LogP contribution in [0.3, 0.4) is 0 Å². The van der Waals surface area contributed by atoms with Crippen LogP contribution in [-0.4, -0.2) is 55.0 Å². The second kappa shape index (κ2) is 9.00. The van der Waals surface area contributed by atoms with E-state index < -0.39 is 29.6 Å². The van der Waals surface area contributed by atoms with Gasteiger partial charge < -0.3 is 25.2 Å². The highest BCUT2D eigenvalue weighted by Crippen LogP contribution is 2.60. The molecule has 8 heteroatoms. The average Bonchev–Trinajstić information content (AvgIpc) is 3.11. The molecule has 2 aromatic carbocycles. The average molecular weight is 479 g/mol. The normalized spacial score (nSPS) is 19.5. The minimum atomic E-state index is -1.29. The third-order valence-corrected chi connectivity index (χ3v) is 7.83. The quantitative estimate of drug-likeness (QED) is 0.536. The fraction of sp³-hybridized carbons (Fsp3) is 0.444. The van der Waals surface area contributed by atoms with Gasteiger partial charge in [-0.15, -0.1) is 0 Å². The first kappa shape index (κ1) is 23.4. The smallest absolute Gasteiger partial charge is 0.407 e. The molecule has 0 saturated heterocycles. The number of carbonyl (C=O) groups excluding carboxylic acids is 2. The Morgan fingerprint density at radius 2 is 1.63 bits per heavy atom. The monoisotopic (exact) mass is 478 g/mol. The molecule has 0 bridgehead atoms. The molecule has 1 atom stereocenters. The number of hydrogen-bond donors (Lipinski definition) is 3. The van der Waals surface area contributed by atoms with E-state index >= 15 is 0 Å². The van der Waals surface area contributed by atoms with Crippen LogP contribution in [0.15, 0.2) is 48.5 Å². The van der Waals surface area contributed by atoms with Gasteiger partial charge in [-0.3, -0.25) is 4.79 Å². The van der Waals surface area contributed by atoms with Crippen LogP contribution < -0.4 is 10.6 Å². The molecule has 2 saturated carbocycles. The summed E-state index contributed by atoms with van der Waals surface area (Å²) in [5.41, 5.74) is 3.18. The second-order valence-corrected chi connectivity index (χ2v) is 10.1. The van der Waals surface area contributed by atoms with E-state index in [9.17, 15) is 19.5 Å². The number of alkyl carbamates (subject to hydrolysis) is 1. The van der Waals surface area contributed by atoms with Crippen LogP contribution in [0, 0.1) is 5.41 Å². The summed E-state index contributed by atoms with van der Waals surface area (Å²) < 4.78 is 10.7. The van der Waals surface area contributed by atoms with E-state index in [4.69, 9.17) is 9.47 Å². The number of benzene rings is 2. The molecule has 0 unspecified atom stereocenters. The Balaban J connectivity index is 1.22. The molecule has 0 heterocycles. The Bertz CT molecular complexity index is 1100. The number of carboxylic acids is 1. The number of hydrogen-bond acceptors (Lipinski definition) is 5. The van der Waals surface area contributed by atoms with E-state index in [-0.39, 0.29) is 24.5 Å². The zero-order valence-electron chi connectivity index (χ0n) is 19.7. The molecule has 5 rings (SSSR count). The van der Waals surface area contributed by atoms with E-state index in [1.165, 1.54) is 7.11 Å². The Kier molecular flexibility index (Phi) is 6.01. The van der Waals surface area contributed by atoms with Gasteiger partial charge in [-0.05, 0) is 53.4 Å². The molecule has 8 nitrogen and oxygen atoms in total. The van der Waals surface area contributed by atoms with Gasteiger partial charge in [0.1, 0.15) is 18.2 Å². The van der Waals surface area contributed by atoms with Crippen LogP contribution in [0.1, 0.15) is 49.1 Å². The molecule has 0 aromatic heterocycles. The summed E-state index contributed by atoms with van der Waals surface area (Å²) in [5, 5.41) is 15.0. The Morgan fingerprint density at radius 3 is 2.14 bits per heavy atom. The van der Waals surface area contributed by atoms with Crippen molar-refractivity contribution >= 4 is 18.0 Å². The topological polar surface area (TPSA) is 114 Å². The number of rotatable bonds is 8. The molecule has 1 spiro atoms. The van der Waals surface area contributed by atoms with Gasteiger partial charge in [0.2, 0.25) is 5.91 Å². The van der Waals surface area contributed by atoms with Gasteiger partial charge in [0.15, 0.2) is 0 Å². The minimum Gasteiger partial charge on any atom is -0.480 e. The first-order chi connectivity index (χ1) is 16.9. The first-order valence-corrected chi connectivity index (χ1v) is 12.0. The van der Waals surface area contributed by atoms with Crippen molar-refractivity contribution in [1.82, 2.24) is 10.6 Å². The van der Waals surface area contributed by atoms with Crippen LogP contribution >= 0.6 is 0 Å². The minimum absolute atomic E-state index is 0.0443. The first-order valence-electron chi connectivity index (χ1n) is 12.0. The van der Waals surface area contributed by atoms with Crippen molar-refractivity contribution in [2.45, 2.75) is 49.6 Å². The van der Waals surface area contributed by atoms with Gasteiger partial charge in [0.25, 0.3) is 0 Å². The molecule has 184 valence electrons. The largest absolute Gasteiger partial charge is 0.480 e. The van der Waals surface area contributed by atoms with Crippen molar-refractivity contribution in [3.8, 4) is 11.1 Å². The molecule has 2 amide bonds. The molecule has 3 aliphatic carbocycles. The summed E-state index contributed by atoms with van der Waals surface area (Å²) in [6.45, 7) is 0.0135. The number of nitrogens with one attached hydrogen (secondary N) is 2. The van der Waals surface area contributed by atoms with Gasteiger partial charge in [0, 0.05) is 13.0 Å². The number of carboxylic acid groups (broad SMARTS) is 1. The van der Waals surface area contributed by atoms with Crippen LogP contribution in [0.5, 0.6) is 0 Å². The van der Waals surface area contributed by atoms with Gasteiger partial charge in [-0.1, -0.05) is 55.0 Å². The predicted molar refractivity (Wildman–Crippen MR) is 128 cm³/mol. The van der Waals surface area contributed by atoms with Crippen molar-refractivity contribution in [3.63, 3.8) is 0 Å². The summed E-state index contributed by atoms with van der Waals surface area (Å²) in [6.07, 6.45) is 3.18. The van der Waals surface area contributed by atoms with Gasteiger partial charge in [0.05, 0.1) is 6.61 Å². The van der Waals surface area contributed by atoms with Gasteiger partial charge in [-0.2, -0.15) is 0 Å². The second-order valence-electron chi connectivity index (χ2n) is 10.1. The maximum absolute atomic E-state index is 13.0. The summed E-state index contributed by atoms with van der Waals surface area (Å²) in [7, 11) is 1.42. The van der Waals surface area contributed by atoms with Crippen LogP contribution in [0.2, 0.25) is 0 Å². The van der Waals surface area contributed by atoms with Crippen LogP contribution in [0.25, 0.3) is 11.1 Å². The lowest BCUT2D eigenvalue weighted by Crippen LogP contribution is -2.70. The number of carbonyl (C=O) groups is 3. The molecular weight excluding hydrogens is 448 g/mol. The van der Waals surface area contributed by atoms with Crippen LogP contribution in [0.4, 0.5) is 4.79 Å². The predicted octanol–water partition coefficient (Wildman–Crippen LogP) is 3.44. The molecule has 35 heavy (non-hydrogen) atoms. The molecule has 0 radical (unpaired) electrons. The number of amides is 2. The number of aliphatic carboxylic acids is 1. The van der Waals surface area contributed by atoms with Crippen molar-refractivity contribution in [2.75, 3.05) is 20.3 Å². The Labute approximate surface area is 204 Å². The zero-order chi connectivity index (χ0) is 24.6. The summed E-state index contributed by atoms with van der Waals surface area (Å²) in [5.74, 6) is -1.73.